The topological polar surface area (TPSA) is 114 Å². The van der Waals surface area contributed by atoms with Gasteiger partial charge in [-0.15, -0.1) is 0 Å². The predicted octanol–water partition coefficient (Wildman–Crippen LogP) is 3.04. The number of hydroxylamine groups is 2. The fraction of sp³-hybridized carbons (Fsp3) is 0.150. The van der Waals surface area contributed by atoms with Crippen LogP contribution in [0.2, 0.25) is 0 Å². The van der Waals surface area contributed by atoms with E-state index in [1.54, 1.807) is 18.4 Å². The molecule has 1 amide bonds. The Kier molecular flexibility index (Phi) is 5.64. The number of sulfonamides is 1. The van der Waals surface area contributed by atoms with Gasteiger partial charge in [-0.1, -0.05) is 42.5 Å². The van der Waals surface area contributed by atoms with Crippen LogP contribution in [0.1, 0.15) is 12.2 Å². The number of hydrogen-bond donors (Lipinski definition) is 2. The van der Waals surface area contributed by atoms with Crippen LogP contribution in [0.5, 0.6) is 0 Å². The van der Waals surface area contributed by atoms with Crippen LogP contribution in [0.4, 0.5) is 0 Å². The van der Waals surface area contributed by atoms with Crippen LogP contribution in [0, 0.1) is 0 Å². The van der Waals surface area contributed by atoms with E-state index in [2.05, 4.69) is 0 Å². The molecule has 0 radical (unpaired) electrons. The molecule has 0 aliphatic heterocycles. The minimum absolute atomic E-state index is 0.0257. The molecule has 0 unspecified atom stereocenters. The lowest BCUT2D eigenvalue weighted by molar-refractivity contribution is -0.159. The number of furan rings is 1. The molecule has 7 nitrogen and oxygen atoms in total. The average molecular weight is 400 g/mol. The van der Waals surface area contributed by atoms with Crippen molar-refractivity contribution in [3.05, 3.63) is 66.6 Å². The molecule has 3 rings (SSSR count). The number of aryl methyl sites for hydroxylation is 1. The Hall–Kier alpha value is -2.94. The summed E-state index contributed by atoms with van der Waals surface area (Å²) < 4.78 is 28.7. The number of benzene rings is 2. The van der Waals surface area contributed by atoms with Gasteiger partial charge in [-0.2, -0.15) is 0 Å². The summed E-state index contributed by atoms with van der Waals surface area (Å²) in [5.74, 6) is 0.182. The van der Waals surface area contributed by atoms with Crippen LogP contribution in [-0.2, 0) is 21.2 Å². The third-order valence-electron chi connectivity index (χ3n) is 4.35. The first kappa shape index (κ1) is 19.8. The first-order chi connectivity index (χ1) is 13.3. The van der Waals surface area contributed by atoms with E-state index in [0.717, 1.165) is 22.3 Å². The quantitative estimate of drug-likeness (QED) is 0.488. The van der Waals surface area contributed by atoms with Crippen LogP contribution < -0.4 is 5.14 Å². The van der Waals surface area contributed by atoms with Gasteiger partial charge in [0.05, 0.1) is 11.2 Å². The summed E-state index contributed by atoms with van der Waals surface area (Å²) in [4.78, 5) is 11.8. The lowest BCUT2D eigenvalue weighted by Crippen LogP contribution is -2.22. The lowest BCUT2D eigenvalue weighted by atomic mass is 9.95. The van der Waals surface area contributed by atoms with E-state index >= 15 is 0 Å². The number of hydrogen-bond acceptors (Lipinski definition) is 5. The Labute approximate surface area is 163 Å². The summed E-state index contributed by atoms with van der Waals surface area (Å²) in [7, 11) is -2.50. The van der Waals surface area contributed by atoms with Gasteiger partial charge in [-0.05, 0) is 23.3 Å². The summed E-state index contributed by atoms with van der Waals surface area (Å²) >= 11 is 0. The maximum Gasteiger partial charge on any atom is 0.246 e. The SMILES string of the molecule is CN(O)C(=O)CCc1occ(-c2ccc(S(N)(=O)=O)cc2)c1-c1ccccc1. The Morgan fingerprint density at radius 3 is 2.29 bits per heavy atom. The van der Waals surface area contributed by atoms with Crippen molar-refractivity contribution in [2.75, 3.05) is 7.05 Å². The van der Waals surface area contributed by atoms with Gasteiger partial charge >= 0.3 is 0 Å². The molecular formula is C20H20N2O5S. The fourth-order valence-electron chi connectivity index (χ4n) is 2.92. The number of carbonyl (C=O) groups is 1. The molecule has 0 bridgehead atoms. The number of rotatable bonds is 6. The summed E-state index contributed by atoms with van der Waals surface area (Å²) in [5, 5.41) is 15.0. The molecule has 3 aromatic rings. The predicted molar refractivity (Wildman–Crippen MR) is 104 cm³/mol. The van der Waals surface area contributed by atoms with E-state index < -0.39 is 15.9 Å². The van der Waals surface area contributed by atoms with E-state index in [0.29, 0.717) is 17.2 Å². The van der Waals surface area contributed by atoms with Crippen molar-refractivity contribution in [3.63, 3.8) is 0 Å². The molecule has 28 heavy (non-hydrogen) atoms. The maximum absolute atomic E-state index is 11.7. The van der Waals surface area contributed by atoms with Gasteiger partial charge in [0, 0.05) is 31.0 Å². The van der Waals surface area contributed by atoms with E-state index in [-0.39, 0.29) is 11.3 Å². The molecule has 0 saturated carbocycles. The number of nitrogens with two attached hydrogens (primary N) is 1. The first-order valence-electron chi connectivity index (χ1n) is 8.52. The van der Waals surface area contributed by atoms with Gasteiger partial charge in [0.1, 0.15) is 5.76 Å². The molecule has 2 aromatic carbocycles. The lowest BCUT2D eigenvalue weighted by Gasteiger charge is -2.09. The third kappa shape index (κ3) is 4.30. The van der Waals surface area contributed by atoms with E-state index in [1.165, 1.54) is 19.2 Å². The van der Waals surface area contributed by atoms with Crippen molar-refractivity contribution in [1.29, 1.82) is 0 Å². The number of amides is 1. The monoisotopic (exact) mass is 400 g/mol. The largest absolute Gasteiger partial charge is 0.468 e. The third-order valence-corrected chi connectivity index (χ3v) is 5.28. The van der Waals surface area contributed by atoms with Crippen LogP contribution >= 0.6 is 0 Å². The van der Waals surface area contributed by atoms with E-state index in [4.69, 9.17) is 9.56 Å². The van der Waals surface area contributed by atoms with Crippen molar-refractivity contribution in [2.24, 2.45) is 5.14 Å². The smallest absolute Gasteiger partial charge is 0.246 e. The zero-order chi connectivity index (χ0) is 20.3. The van der Waals surface area contributed by atoms with Crippen LogP contribution in [0.3, 0.4) is 0 Å². The normalized spacial score (nSPS) is 11.4. The van der Waals surface area contributed by atoms with Crippen molar-refractivity contribution in [3.8, 4) is 22.3 Å². The fourth-order valence-corrected chi connectivity index (χ4v) is 3.44. The van der Waals surface area contributed by atoms with Crippen LogP contribution in [-0.4, -0.2) is 31.6 Å². The first-order valence-corrected chi connectivity index (χ1v) is 10.1. The van der Waals surface area contributed by atoms with Gasteiger partial charge in [0.15, 0.2) is 0 Å². The molecule has 3 N–H and O–H groups in total. The number of carbonyl (C=O) groups excluding carboxylic acids is 1. The van der Waals surface area contributed by atoms with E-state index in [9.17, 15) is 18.4 Å². The summed E-state index contributed by atoms with van der Waals surface area (Å²) in [6, 6.07) is 15.7. The Bertz CT molecular complexity index is 1070. The summed E-state index contributed by atoms with van der Waals surface area (Å²) in [5.41, 5.74) is 3.25. The van der Waals surface area contributed by atoms with Crippen molar-refractivity contribution >= 4 is 15.9 Å². The average Bonchev–Trinajstić information content (AvgIpc) is 3.10. The molecule has 1 aromatic heterocycles. The van der Waals surface area contributed by atoms with Crippen molar-refractivity contribution in [1.82, 2.24) is 5.06 Å². The summed E-state index contributed by atoms with van der Waals surface area (Å²) in [6.45, 7) is 0. The van der Waals surface area contributed by atoms with Gasteiger partial charge in [0.2, 0.25) is 15.9 Å². The molecule has 0 aliphatic rings. The zero-order valence-corrected chi connectivity index (χ0v) is 16.0. The zero-order valence-electron chi connectivity index (χ0n) is 15.2. The van der Waals surface area contributed by atoms with Gasteiger partial charge in [-0.25, -0.2) is 18.6 Å². The second-order valence-corrected chi connectivity index (χ2v) is 7.86. The highest BCUT2D eigenvalue weighted by atomic mass is 32.2. The maximum atomic E-state index is 11.7. The van der Waals surface area contributed by atoms with Crippen molar-refractivity contribution in [2.45, 2.75) is 17.7 Å². The minimum atomic E-state index is -3.77. The van der Waals surface area contributed by atoms with Gasteiger partial charge in [-0.3, -0.25) is 10.0 Å². The molecule has 8 heteroatoms. The molecular weight excluding hydrogens is 380 g/mol. The Morgan fingerprint density at radius 2 is 1.71 bits per heavy atom. The number of primary sulfonamides is 1. The Morgan fingerprint density at radius 1 is 1.07 bits per heavy atom. The van der Waals surface area contributed by atoms with Crippen molar-refractivity contribution < 1.29 is 22.8 Å². The molecule has 0 aliphatic carbocycles. The van der Waals surface area contributed by atoms with Gasteiger partial charge in [0.25, 0.3) is 0 Å². The van der Waals surface area contributed by atoms with Crippen LogP contribution in [0.25, 0.3) is 22.3 Å². The molecule has 0 spiro atoms. The summed E-state index contributed by atoms with van der Waals surface area (Å²) in [6.07, 6.45) is 1.98. The highest BCUT2D eigenvalue weighted by Gasteiger charge is 2.19. The second-order valence-electron chi connectivity index (χ2n) is 6.30. The van der Waals surface area contributed by atoms with Crippen LogP contribution in [0.15, 0.2) is 70.2 Å². The number of nitrogens with zero attached hydrogens (tertiary/aromatic N) is 1. The molecule has 0 atom stereocenters. The standard InChI is InChI=1S/C20H20N2O5S/c1-22(24)19(23)12-11-18-20(15-5-3-2-4-6-15)17(13-27-18)14-7-9-16(10-8-14)28(21,25)26/h2-10,13,24H,11-12H2,1H3,(H2,21,25,26). The molecule has 0 saturated heterocycles. The second kappa shape index (κ2) is 7.97. The minimum Gasteiger partial charge on any atom is -0.468 e. The highest BCUT2D eigenvalue weighted by molar-refractivity contribution is 7.89. The molecule has 146 valence electrons. The van der Waals surface area contributed by atoms with Gasteiger partial charge < -0.3 is 4.42 Å². The molecule has 1 heterocycles. The Balaban J connectivity index is 2.03. The van der Waals surface area contributed by atoms with E-state index in [1.807, 2.05) is 30.3 Å². The highest BCUT2D eigenvalue weighted by Crippen LogP contribution is 2.37. The molecule has 0 fully saturated rings.